The van der Waals surface area contributed by atoms with Crippen LogP contribution in [0, 0.1) is 5.92 Å². The quantitative estimate of drug-likeness (QED) is 0.686. The van der Waals surface area contributed by atoms with Crippen LogP contribution in [0.3, 0.4) is 0 Å². The summed E-state index contributed by atoms with van der Waals surface area (Å²) in [7, 11) is 0. The van der Waals surface area contributed by atoms with E-state index in [2.05, 4.69) is 10.6 Å². The summed E-state index contributed by atoms with van der Waals surface area (Å²) < 4.78 is 6.00. The standard InChI is InChI=1S/C20H20Cl2N2O4/c21-16-6-5-14(9-17(16)22)18-15(10-23-7-8-28-18)11-24-19(25)12-1-3-13(4-2-12)20(26)27/h1-6,9,15,18,23H,7-8,10-11H2,(H,24,25)(H,26,27)/t15-,18-/m0/s1. The number of benzene rings is 2. The smallest absolute Gasteiger partial charge is 0.335 e. The summed E-state index contributed by atoms with van der Waals surface area (Å²) in [5, 5.41) is 16.1. The van der Waals surface area contributed by atoms with Crippen LogP contribution >= 0.6 is 23.2 Å². The van der Waals surface area contributed by atoms with Crippen LogP contribution in [0.1, 0.15) is 32.4 Å². The molecule has 1 amide bonds. The highest BCUT2D eigenvalue weighted by Gasteiger charge is 2.27. The minimum atomic E-state index is -1.03. The van der Waals surface area contributed by atoms with Gasteiger partial charge >= 0.3 is 5.97 Å². The fraction of sp³-hybridized carbons (Fsp3) is 0.300. The lowest BCUT2D eigenvalue weighted by molar-refractivity contribution is 0.0306. The number of carboxylic acid groups (broad SMARTS) is 1. The van der Waals surface area contributed by atoms with E-state index in [1.54, 1.807) is 12.1 Å². The molecule has 1 heterocycles. The van der Waals surface area contributed by atoms with Crippen molar-refractivity contribution in [3.63, 3.8) is 0 Å². The van der Waals surface area contributed by atoms with Gasteiger partial charge in [0.2, 0.25) is 0 Å². The Labute approximate surface area is 172 Å². The summed E-state index contributed by atoms with van der Waals surface area (Å²) in [4.78, 5) is 23.4. The number of amides is 1. The minimum Gasteiger partial charge on any atom is -0.478 e. The number of hydrogen-bond acceptors (Lipinski definition) is 4. The Balaban J connectivity index is 1.69. The molecule has 0 aromatic heterocycles. The second-order valence-electron chi connectivity index (χ2n) is 6.52. The number of halogens is 2. The molecule has 0 bridgehead atoms. The van der Waals surface area contributed by atoms with Gasteiger partial charge in [0.05, 0.1) is 28.3 Å². The third-order valence-corrected chi connectivity index (χ3v) is 5.34. The van der Waals surface area contributed by atoms with Gasteiger partial charge in [-0.2, -0.15) is 0 Å². The van der Waals surface area contributed by atoms with E-state index in [-0.39, 0.29) is 23.5 Å². The van der Waals surface area contributed by atoms with Gasteiger partial charge in [0.1, 0.15) is 0 Å². The Morgan fingerprint density at radius 3 is 2.50 bits per heavy atom. The summed E-state index contributed by atoms with van der Waals surface area (Å²) in [6.07, 6.45) is -0.237. The van der Waals surface area contributed by atoms with E-state index in [9.17, 15) is 9.59 Å². The Morgan fingerprint density at radius 1 is 1.11 bits per heavy atom. The molecule has 1 saturated heterocycles. The van der Waals surface area contributed by atoms with Gasteiger partial charge in [-0.3, -0.25) is 4.79 Å². The average Bonchev–Trinajstić information content (AvgIpc) is 2.94. The van der Waals surface area contributed by atoms with E-state index < -0.39 is 5.97 Å². The molecule has 1 aliphatic rings. The number of ether oxygens (including phenoxy) is 1. The Morgan fingerprint density at radius 2 is 1.82 bits per heavy atom. The zero-order valence-corrected chi connectivity index (χ0v) is 16.5. The van der Waals surface area contributed by atoms with Crippen molar-refractivity contribution in [2.45, 2.75) is 6.10 Å². The van der Waals surface area contributed by atoms with Crippen LogP contribution in [-0.2, 0) is 4.74 Å². The minimum absolute atomic E-state index is 0.0121. The highest BCUT2D eigenvalue weighted by Crippen LogP contribution is 2.31. The molecule has 6 nitrogen and oxygen atoms in total. The van der Waals surface area contributed by atoms with Gasteiger partial charge in [0.15, 0.2) is 0 Å². The van der Waals surface area contributed by atoms with Crippen molar-refractivity contribution in [2.24, 2.45) is 5.92 Å². The number of carboxylic acids is 1. The van der Waals surface area contributed by atoms with Crippen molar-refractivity contribution in [1.29, 1.82) is 0 Å². The molecule has 1 aliphatic heterocycles. The molecule has 8 heteroatoms. The molecule has 1 fully saturated rings. The second kappa shape index (κ2) is 9.39. The van der Waals surface area contributed by atoms with Gasteiger partial charge in [-0.15, -0.1) is 0 Å². The van der Waals surface area contributed by atoms with E-state index in [0.717, 1.165) is 12.1 Å². The molecular weight excluding hydrogens is 403 g/mol. The summed E-state index contributed by atoms with van der Waals surface area (Å²) in [6.45, 7) is 2.32. The highest BCUT2D eigenvalue weighted by atomic mass is 35.5. The molecule has 2 atom stereocenters. The summed E-state index contributed by atoms with van der Waals surface area (Å²) in [5.41, 5.74) is 1.44. The maximum absolute atomic E-state index is 12.4. The lowest BCUT2D eigenvalue weighted by atomic mass is 9.95. The van der Waals surface area contributed by atoms with Gasteiger partial charge < -0.3 is 20.5 Å². The van der Waals surface area contributed by atoms with Gasteiger partial charge in [-0.25, -0.2) is 4.79 Å². The molecule has 2 aromatic carbocycles. The van der Waals surface area contributed by atoms with Crippen molar-refractivity contribution in [1.82, 2.24) is 10.6 Å². The van der Waals surface area contributed by atoms with Gasteiger partial charge in [0, 0.05) is 31.1 Å². The summed E-state index contributed by atoms with van der Waals surface area (Å²) >= 11 is 12.2. The molecule has 148 valence electrons. The van der Waals surface area contributed by atoms with Crippen molar-refractivity contribution in [3.8, 4) is 0 Å². The molecule has 3 N–H and O–H groups in total. The van der Waals surface area contributed by atoms with E-state index in [0.29, 0.717) is 35.3 Å². The molecule has 0 saturated carbocycles. The Hall–Kier alpha value is -2.12. The predicted octanol–water partition coefficient (Wildman–Crippen LogP) is 3.40. The Kier molecular flexibility index (Phi) is 6.91. The lowest BCUT2D eigenvalue weighted by Crippen LogP contribution is -2.36. The first-order valence-electron chi connectivity index (χ1n) is 8.84. The topological polar surface area (TPSA) is 87.7 Å². The maximum Gasteiger partial charge on any atom is 0.335 e. The number of nitrogens with one attached hydrogen (secondary N) is 2. The SMILES string of the molecule is O=C(O)c1ccc(C(=O)NC[C@@H]2CNCCO[C@H]2c2ccc(Cl)c(Cl)c2)cc1. The van der Waals surface area contributed by atoms with Crippen LogP contribution in [-0.4, -0.2) is 43.2 Å². The lowest BCUT2D eigenvalue weighted by Gasteiger charge is -2.25. The first-order valence-corrected chi connectivity index (χ1v) is 9.60. The third-order valence-electron chi connectivity index (χ3n) is 4.60. The molecular formula is C20H20Cl2N2O4. The average molecular weight is 423 g/mol. The summed E-state index contributed by atoms with van der Waals surface area (Å²) in [6, 6.07) is 11.2. The van der Waals surface area contributed by atoms with Crippen LogP contribution < -0.4 is 10.6 Å². The normalized spacial score (nSPS) is 19.6. The molecule has 2 aromatic rings. The van der Waals surface area contributed by atoms with Crippen molar-refractivity contribution < 1.29 is 19.4 Å². The third kappa shape index (κ3) is 5.02. The second-order valence-corrected chi connectivity index (χ2v) is 7.34. The first-order chi connectivity index (χ1) is 13.5. The number of carbonyl (C=O) groups is 2. The van der Waals surface area contributed by atoms with Crippen molar-refractivity contribution in [3.05, 3.63) is 69.2 Å². The van der Waals surface area contributed by atoms with Crippen LogP contribution in [0.25, 0.3) is 0 Å². The number of carbonyl (C=O) groups excluding carboxylic acids is 1. The first kappa shape index (κ1) is 20.6. The van der Waals surface area contributed by atoms with E-state index in [1.165, 1.54) is 24.3 Å². The monoisotopic (exact) mass is 422 g/mol. The zero-order valence-electron chi connectivity index (χ0n) is 15.0. The molecule has 0 aliphatic carbocycles. The van der Waals surface area contributed by atoms with E-state index in [1.807, 2.05) is 6.07 Å². The van der Waals surface area contributed by atoms with E-state index >= 15 is 0 Å². The van der Waals surface area contributed by atoms with Crippen LogP contribution in [0.15, 0.2) is 42.5 Å². The van der Waals surface area contributed by atoms with Gasteiger partial charge in [-0.05, 0) is 42.0 Å². The largest absolute Gasteiger partial charge is 0.478 e. The van der Waals surface area contributed by atoms with Crippen LogP contribution in [0.4, 0.5) is 0 Å². The van der Waals surface area contributed by atoms with Crippen LogP contribution in [0.2, 0.25) is 10.0 Å². The van der Waals surface area contributed by atoms with Crippen molar-refractivity contribution in [2.75, 3.05) is 26.2 Å². The molecule has 28 heavy (non-hydrogen) atoms. The zero-order chi connectivity index (χ0) is 20.1. The van der Waals surface area contributed by atoms with E-state index in [4.69, 9.17) is 33.0 Å². The molecule has 0 spiro atoms. The number of aromatic carboxylic acids is 1. The van der Waals surface area contributed by atoms with Gasteiger partial charge in [-0.1, -0.05) is 29.3 Å². The number of rotatable bonds is 5. The highest BCUT2D eigenvalue weighted by molar-refractivity contribution is 6.42. The Bertz CT molecular complexity index is 858. The fourth-order valence-corrected chi connectivity index (χ4v) is 3.42. The van der Waals surface area contributed by atoms with Crippen molar-refractivity contribution >= 4 is 35.1 Å². The fourth-order valence-electron chi connectivity index (χ4n) is 3.12. The van der Waals surface area contributed by atoms with Gasteiger partial charge in [0.25, 0.3) is 5.91 Å². The summed E-state index contributed by atoms with van der Waals surface area (Å²) in [5.74, 6) is -1.31. The molecule has 3 rings (SSSR count). The molecule has 0 radical (unpaired) electrons. The predicted molar refractivity (Wildman–Crippen MR) is 107 cm³/mol. The number of hydrogen-bond donors (Lipinski definition) is 3. The maximum atomic E-state index is 12.4. The van der Waals surface area contributed by atoms with Crippen LogP contribution in [0.5, 0.6) is 0 Å². The molecule has 0 unspecified atom stereocenters.